The summed E-state index contributed by atoms with van der Waals surface area (Å²) >= 11 is 1.80. The van der Waals surface area contributed by atoms with Crippen molar-refractivity contribution in [2.75, 3.05) is 17.2 Å². The quantitative estimate of drug-likeness (QED) is 0.775. The summed E-state index contributed by atoms with van der Waals surface area (Å²) in [6.45, 7) is 7.28. The summed E-state index contributed by atoms with van der Waals surface area (Å²) in [7, 11) is 0. The standard InChI is InChI=1S/C16H24N4S/c1-4-7-14-19-15(17-5-2)11-16(20-14)18-12(3)10-13-8-6-9-21-13/h6,8-9,11-12H,4-5,7,10H2,1-3H3,(H2,17,18,19,20). The van der Waals surface area contributed by atoms with E-state index in [1.54, 1.807) is 11.3 Å². The molecule has 0 amide bonds. The van der Waals surface area contributed by atoms with Crippen molar-refractivity contribution in [1.82, 2.24) is 9.97 Å². The highest BCUT2D eigenvalue weighted by molar-refractivity contribution is 7.09. The van der Waals surface area contributed by atoms with E-state index < -0.39 is 0 Å². The maximum atomic E-state index is 4.62. The van der Waals surface area contributed by atoms with E-state index in [1.807, 2.05) is 6.07 Å². The molecule has 0 spiro atoms. The number of aromatic nitrogens is 2. The van der Waals surface area contributed by atoms with E-state index in [2.05, 4.69) is 58.9 Å². The van der Waals surface area contributed by atoms with E-state index in [-0.39, 0.29) is 0 Å². The Labute approximate surface area is 131 Å². The molecule has 0 aliphatic rings. The van der Waals surface area contributed by atoms with Crippen LogP contribution < -0.4 is 10.6 Å². The Morgan fingerprint density at radius 3 is 2.71 bits per heavy atom. The van der Waals surface area contributed by atoms with Crippen molar-refractivity contribution in [2.45, 2.75) is 46.1 Å². The first-order valence-corrected chi connectivity index (χ1v) is 8.50. The molecule has 4 nitrogen and oxygen atoms in total. The molecule has 0 radical (unpaired) electrons. The first kappa shape index (κ1) is 15.8. The second-order valence-corrected chi connectivity index (χ2v) is 6.20. The zero-order valence-electron chi connectivity index (χ0n) is 13.0. The van der Waals surface area contributed by atoms with Gasteiger partial charge in [0.15, 0.2) is 0 Å². The molecule has 2 aromatic rings. The van der Waals surface area contributed by atoms with Gasteiger partial charge in [0.05, 0.1) is 0 Å². The Hall–Kier alpha value is -1.62. The average Bonchev–Trinajstić information content (AvgIpc) is 2.91. The molecule has 0 aliphatic carbocycles. The van der Waals surface area contributed by atoms with Gasteiger partial charge < -0.3 is 10.6 Å². The van der Waals surface area contributed by atoms with Crippen LogP contribution in [0.2, 0.25) is 0 Å². The van der Waals surface area contributed by atoms with Crippen LogP contribution in [-0.4, -0.2) is 22.6 Å². The van der Waals surface area contributed by atoms with Gasteiger partial charge in [0, 0.05) is 36.4 Å². The molecule has 0 saturated carbocycles. The van der Waals surface area contributed by atoms with Crippen LogP contribution in [0.3, 0.4) is 0 Å². The van der Waals surface area contributed by atoms with Gasteiger partial charge in [-0.1, -0.05) is 13.0 Å². The summed E-state index contributed by atoms with van der Waals surface area (Å²) in [5.74, 6) is 2.72. The third kappa shape index (κ3) is 5.01. The molecule has 0 bridgehead atoms. The highest BCUT2D eigenvalue weighted by Gasteiger charge is 2.08. The Bertz CT molecular complexity index is 515. The topological polar surface area (TPSA) is 49.8 Å². The van der Waals surface area contributed by atoms with Crippen LogP contribution in [0.5, 0.6) is 0 Å². The second-order valence-electron chi connectivity index (χ2n) is 5.16. The van der Waals surface area contributed by atoms with E-state index >= 15 is 0 Å². The fourth-order valence-electron chi connectivity index (χ4n) is 2.21. The van der Waals surface area contributed by atoms with E-state index in [9.17, 15) is 0 Å². The molecule has 0 fully saturated rings. The van der Waals surface area contributed by atoms with E-state index in [4.69, 9.17) is 0 Å². The van der Waals surface area contributed by atoms with Crippen molar-refractivity contribution >= 4 is 23.0 Å². The maximum absolute atomic E-state index is 4.62. The molecule has 1 atom stereocenters. The smallest absolute Gasteiger partial charge is 0.133 e. The minimum atomic E-state index is 0.350. The monoisotopic (exact) mass is 304 g/mol. The number of hydrogen-bond acceptors (Lipinski definition) is 5. The van der Waals surface area contributed by atoms with Gasteiger partial charge in [-0.2, -0.15) is 0 Å². The van der Waals surface area contributed by atoms with Crippen molar-refractivity contribution in [3.63, 3.8) is 0 Å². The Morgan fingerprint density at radius 1 is 1.24 bits per heavy atom. The number of anilines is 2. The summed E-state index contributed by atoms with van der Waals surface area (Å²) in [5, 5.41) is 8.89. The highest BCUT2D eigenvalue weighted by atomic mass is 32.1. The number of thiophene rings is 1. The summed E-state index contributed by atoms with van der Waals surface area (Å²) in [6, 6.07) is 6.62. The van der Waals surface area contributed by atoms with E-state index in [0.717, 1.165) is 43.3 Å². The van der Waals surface area contributed by atoms with E-state index in [0.29, 0.717) is 6.04 Å². The minimum Gasteiger partial charge on any atom is -0.370 e. The van der Waals surface area contributed by atoms with Gasteiger partial charge in [0.2, 0.25) is 0 Å². The van der Waals surface area contributed by atoms with Crippen molar-refractivity contribution in [1.29, 1.82) is 0 Å². The average molecular weight is 304 g/mol. The Morgan fingerprint density at radius 2 is 2.05 bits per heavy atom. The van der Waals surface area contributed by atoms with E-state index in [1.165, 1.54) is 4.88 Å². The van der Waals surface area contributed by atoms with Crippen LogP contribution in [0.1, 0.15) is 37.9 Å². The zero-order chi connectivity index (χ0) is 15.1. The van der Waals surface area contributed by atoms with Gasteiger partial charge in [-0.15, -0.1) is 11.3 Å². The van der Waals surface area contributed by atoms with Crippen LogP contribution in [0.4, 0.5) is 11.6 Å². The molecule has 0 aliphatic heterocycles. The minimum absolute atomic E-state index is 0.350. The van der Waals surface area contributed by atoms with Crippen LogP contribution in [0.25, 0.3) is 0 Å². The fourth-order valence-corrected chi connectivity index (χ4v) is 3.05. The van der Waals surface area contributed by atoms with Gasteiger partial charge in [-0.25, -0.2) is 9.97 Å². The summed E-state index contributed by atoms with van der Waals surface area (Å²) < 4.78 is 0. The highest BCUT2D eigenvalue weighted by Crippen LogP contribution is 2.16. The number of aryl methyl sites for hydroxylation is 1. The van der Waals surface area contributed by atoms with Crippen LogP contribution in [0.15, 0.2) is 23.6 Å². The molecular formula is C16H24N4S. The van der Waals surface area contributed by atoms with Gasteiger partial charge in [0.25, 0.3) is 0 Å². The van der Waals surface area contributed by atoms with Crippen LogP contribution in [0, 0.1) is 0 Å². The molecule has 21 heavy (non-hydrogen) atoms. The van der Waals surface area contributed by atoms with Crippen LogP contribution >= 0.6 is 11.3 Å². The lowest BCUT2D eigenvalue weighted by atomic mass is 10.2. The van der Waals surface area contributed by atoms with Gasteiger partial charge >= 0.3 is 0 Å². The van der Waals surface area contributed by atoms with Crippen LogP contribution in [-0.2, 0) is 12.8 Å². The third-order valence-electron chi connectivity index (χ3n) is 3.09. The summed E-state index contributed by atoms with van der Waals surface area (Å²) in [5.41, 5.74) is 0. The van der Waals surface area contributed by atoms with Crippen molar-refractivity contribution < 1.29 is 0 Å². The predicted octanol–water partition coefficient (Wildman–Crippen LogP) is 3.97. The van der Waals surface area contributed by atoms with Gasteiger partial charge in [-0.3, -0.25) is 0 Å². The molecule has 1 unspecified atom stereocenters. The number of rotatable bonds is 8. The molecule has 0 saturated heterocycles. The lowest BCUT2D eigenvalue weighted by Crippen LogP contribution is -2.19. The number of nitrogens with zero attached hydrogens (tertiary/aromatic N) is 2. The SMILES string of the molecule is CCCc1nc(NCC)cc(NC(C)Cc2cccs2)n1. The molecule has 2 N–H and O–H groups in total. The van der Waals surface area contributed by atoms with Gasteiger partial charge in [0.1, 0.15) is 17.5 Å². The Balaban J connectivity index is 2.06. The van der Waals surface area contributed by atoms with Crippen molar-refractivity contribution in [3.05, 3.63) is 34.3 Å². The fraction of sp³-hybridized carbons (Fsp3) is 0.500. The second kappa shape index (κ2) is 7.98. The van der Waals surface area contributed by atoms with Gasteiger partial charge in [-0.05, 0) is 31.7 Å². The number of hydrogen-bond donors (Lipinski definition) is 2. The first-order valence-electron chi connectivity index (χ1n) is 7.62. The molecule has 0 aromatic carbocycles. The summed E-state index contributed by atoms with van der Waals surface area (Å²) in [6.07, 6.45) is 2.98. The third-order valence-corrected chi connectivity index (χ3v) is 3.98. The Kier molecular flexibility index (Phi) is 5.99. The normalized spacial score (nSPS) is 12.1. The zero-order valence-corrected chi connectivity index (χ0v) is 13.8. The largest absolute Gasteiger partial charge is 0.370 e. The lowest BCUT2D eigenvalue weighted by Gasteiger charge is -2.15. The molecule has 2 aromatic heterocycles. The molecular weight excluding hydrogens is 280 g/mol. The predicted molar refractivity (Wildman–Crippen MR) is 91.3 cm³/mol. The molecule has 2 rings (SSSR count). The first-order chi connectivity index (χ1) is 10.2. The van der Waals surface area contributed by atoms with Crippen molar-refractivity contribution in [2.24, 2.45) is 0 Å². The molecule has 5 heteroatoms. The molecule has 114 valence electrons. The summed E-state index contributed by atoms with van der Waals surface area (Å²) in [4.78, 5) is 10.5. The lowest BCUT2D eigenvalue weighted by molar-refractivity contribution is 0.781. The van der Waals surface area contributed by atoms with Crippen molar-refractivity contribution in [3.8, 4) is 0 Å². The maximum Gasteiger partial charge on any atom is 0.133 e. The number of nitrogens with one attached hydrogen (secondary N) is 2. The molecule has 2 heterocycles.